The zero-order chi connectivity index (χ0) is 23.8. The van der Waals surface area contributed by atoms with Crippen LogP contribution in [-0.4, -0.2) is 51.0 Å². The smallest absolute Gasteiger partial charge is 0.290 e. The summed E-state index contributed by atoms with van der Waals surface area (Å²) < 4.78 is 40.8. The first-order chi connectivity index (χ1) is 15.7. The van der Waals surface area contributed by atoms with Gasteiger partial charge in [0.05, 0.1) is 31.1 Å². The fourth-order valence-electron chi connectivity index (χ4n) is 4.13. The second-order valence-electron chi connectivity index (χ2n) is 8.11. The molecule has 1 atom stereocenters. The number of benzene rings is 2. The molecule has 1 aliphatic heterocycles. The van der Waals surface area contributed by atoms with Gasteiger partial charge < -0.3 is 18.8 Å². The van der Waals surface area contributed by atoms with E-state index in [9.17, 15) is 18.0 Å². The summed E-state index contributed by atoms with van der Waals surface area (Å²) in [6.45, 7) is 1.92. The number of carbonyl (C=O) groups excluding carboxylic acids is 1. The lowest BCUT2D eigenvalue weighted by Crippen LogP contribution is -2.41. The number of aryl methyl sites for hydroxylation is 1. The standard InChI is InChI=1S/C24H25NO7S/c1-15-5-4-6-18-19(26)12-22(32-23(15)18)24(27)25(17-9-10-33(28,29)14-17)13-16-7-8-20(30-2)21(11-16)31-3/h4-8,11-12,17H,9-10,13-14H2,1-3H3. The Morgan fingerprint density at radius 2 is 1.88 bits per heavy atom. The van der Waals surface area contributed by atoms with E-state index in [-0.39, 0.29) is 29.2 Å². The van der Waals surface area contributed by atoms with Crippen LogP contribution in [0.3, 0.4) is 0 Å². The van der Waals surface area contributed by atoms with E-state index in [1.165, 1.54) is 25.2 Å². The molecule has 9 heteroatoms. The number of carbonyl (C=O) groups is 1. The molecule has 1 aliphatic rings. The van der Waals surface area contributed by atoms with Crippen LogP contribution in [0.2, 0.25) is 0 Å². The zero-order valence-corrected chi connectivity index (χ0v) is 19.5. The van der Waals surface area contributed by atoms with Crippen molar-refractivity contribution in [2.24, 2.45) is 0 Å². The fourth-order valence-corrected chi connectivity index (χ4v) is 5.86. The van der Waals surface area contributed by atoms with Crippen molar-refractivity contribution in [2.45, 2.75) is 25.9 Å². The maximum atomic E-state index is 13.6. The number of ether oxygens (including phenoxy) is 2. The first kappa shape index (κ1) is 22.8. The lowest BCUT2D eigenvalue weighted by Gasteiger charge is -2.28. The van der Waals surface area contributed by atoms with Crippen LogP contribution in [-0.2, 0) is 16.4 Å². The molecule has 0 saturated carbocycles. The normalized spacial score (nSPS) is 17.1. The van der Waals surface area contributed by atoms with Gasteiger partial charge in [-0.2, -0.15) is 0 Å². The Bertz CT molecular complexity index is 1380. The predicted octanol–water partition coefficient (Wildman–Crippen LogP) is 2.95. The Hall–Kier alpha value is -3.33. The Kier molecular flexibility index (Phi) is 6.16. The highest BCUT2D eigenvalue weighted by Crippen LogP contribution is 2.30. The number of para-hydroxylation sites is 1. The van der Waals surface area contributed by atoms with Crippen molar-refractivity contribution in [1.29, 1.82) is 0 Å². The molecule has 1 amide bonds. The average Bonchev–Trinajstić information content (AvgIpc) is 3.16. The quantitative estimate of drug-likeness (QED) is 0.544. The highest BCUT2D eigenvalue weighted by Gasteiger charge is 2.36. The minimum Gasteiger partial charge on any atom is -0.493 e. The van der Waals surface area contributed by atoms with Gasteiger partial charge in [-0.15, -0.1) is 0 Å². The monoisotopic (exact) mass is 471 g/mol. The topological polar surface area (TPSA) is 103 Å². The van der Waals surface area contributed by atoms with Crippen LogP contribution in [0.15, 0.2) is 51.7 Å². The molecular weight excluding hydrogens is 446 g/mol. The molecule has 0 N–H and O–H groups in total. The van der Waals surface area contributed by atoms with Gasteiger partial charge in [0, 0.05) is 18.7 Å². The van der Waals surface area contributed by atoms with Crippen molar-refractivity contribution in [3.8, 4) is 11.5 Å². The third-order valence-corrected chi connectivity index (χ3v) is 7.62. The Morgan fingerprint density at radius 1 is 1.12 bits per heavy atom. The molecule has 1 unspecified atom stereocenters. The van der Waals surface area contributed by atoms with Gasteiger partial charge in [0.25, 0.3) is 5.91 Å². The molecule has 1 saturated heterocycles. The van der Waals surface area contributed by atoms with Crippen LogP contribution < -0.4 is 14.9 Å². The van der Waals surface area contributed by atoms with E-state index in [1.54, 1.807) is 43.3 Å². The third kappa shape index (κ3) is 4.59. The molecule has 0 bridgehead atoms. The Morgan fingerprint density at radius 3 is 2.55 bits per heavy atom. The molecule has 4 rings (SSSR count). The van der Waals surface area contributed by atoms with Crippen LogP contribution in [0.5, 0.6) is 11.5 Å². The van der Waals surface area contributed by atoms with Gasteiger partial charge in [0.1, 0.15) is 5.58 Å². The second-order valence-corrected chi connectivity index (χ2v) is 10.3. The number of nitrogens with zero attached hydrogens (tertiary/aromatic N) is 1. The number of rotatable bonds is 6. The van der Waals surface area contributed by atoms with Crippen LogP contribution in [0, 0.1) is 6.92 Å². The second kappa shape index (κ2) is 8.90. The van der Waals surface area contributed by atoms with E-state index in [0.29, 0.717) is 28.9 Å². The predicted molar refractivity (Wildman–Crippen MR) is 124 cm³/mol. The number of hydrogen-bond donors (Lipinski definition) is 0. The van der Waals surface area contributed by atoms with E-state index in [4.69, 9.17) is 13.9 Å². The molecule has 174 valence electrons. The van der Waals surface area contributed by atoms with Crippen molar-refractivity contribution >= 4 is 26.7 Å². The lowest BCUT2D eigenvalue weighted by atomic mass is 10.1. The largest absolute Gasteiger partial charge is 0.493 e. The molecule has 1 fully saturated rings. The Balaban J connectivity index is 1.75. The summed E-state index contributed by atoms with van der Waals surface area (Å²) >= 11 is 0. The van der Waals surface area contributed by atoms with Gasteiger partial charge in [-0.1, -0.05) is 18.2 Å². The molecule has 3 aromatic rings. The highest BCUT2D eigenvalue weighted by molar-refractivity contribution is 7.91. The highest BCUT2D eigenvalue weighted by atomic mass is 32.2. The summed E-state index contributed by atoms with van der Waals surface area (Å²) in [4.78, 5) is 27.7. The fraction of sp³-hybridized carbons (Fsp3) is 0.333. The third-order valence-electron chi connectivity index (χ3n) is 5.87. The first-order valence-electron chi connectivity index (χ1n) is 10.5. The summed E-state index contributed by atoms with van der Waals surface area (Å²) in [7, 11) is -0.210. The molecule has 2 aromatic carbocycles. The zero-order valence-electron chi connectivity index (χ0n) is 18.7. The summed E-state index contributed by atoms with van der Waals surface area (Å²) in [5, 5.41) is 0.390. The molecular formula is C24H25NO7S. The van der Waals surface area contributed by atoms with Crippen molar-refractivity contribution in [3.05, 3.63) is 69.6 Å². The van der Waals surface area contributed by atoms with Gasteiger partial charge >= 0.3 is 0 Å². The van der Waals surface area contributed by atoms with Crippen molar-refractivity contribution in [3.63, 3.8) is 0 Å². The van der Waals surface area contributed by atoms with Crippen LogP contribution in [0.25, 0.3) is 11.0 Å². The summed E-state index contributed by atoms with van der Waals surface area (Å²) in [6.07, 6.45) is 0.318. The van der Waals surface area contributed by atoms with E-state index >= 15 is 0 Å². The average molecular weight is 472 g/mol. The van der Waals surface area contributed by atoms with Crippen LogP contribution >= 0.6 is 0 Å². The molecule has 0 spiro atoms. The maximum Gasteiger partial charge on any atom is 0.290 e. The molecule has 0 aliphatic carbocycles. The van der Waals surface area contributed by atoms with E-state index in [2.05, 4.69) is 0 Å². The minimum absolute atomic E-state index is 0.00809. The molecule has 2 heterocycles. The van der Waals surface area contributed by atoms with Gasteiger partial charge in [-0.05, 0) is 42.7 Å². The van der Waals surface area contributed by atoms with Gasteiger partial charge in [-0.3, -0.25) is 9.59 Å². The van der Waals surface area contributed by atoms with Gasteiger partial charge in [0.15, 0.2) is 32.5 Å². The van der Waals surface area contributed by atoms with E-state index in [1.807, 2.05) is 0 Å². The van der Waals surface area contributed by atoms with Crippen molar-refractivity contribution in [2.75, 3.05) is 25.7 Å². The minimum atomic E-state index is -3.25. The maximum absolute atomic E-state index is 13.6. The SMILES string of the molecule is COc1ccc(CN(C(=O)c2cc(=O)c3cccc(C)c3o2)C2CCS(=O)(=O)C2)cc1OC. The number of fused-ring (bicyclic) bond motifs is 1. The first-order valence-corrected chi connectivity index (χ1v) is 12.3. The van der Waals surface area contributed by atoms with E-state index in [0.717, 1.165) is 11.1 Å². The van der Waals surface area contributed by atoms with Crippen molar-refractivity contribution < 1.29 is 27.1 Å². The van der Waals surface area contributed by atoms with Gasteiger partial charge in [-0.25, -0.2) is 8.42 Å². The molecule has 0 radical (unpaired) electrons. The number of hydrogen-bond acceptors (Lipinski definition) is 7. The molecule has 8 nitrogen and oxygen atoms in total. The van der Waals surface area contributed by atoms with Gasteiger partial charge in [0.2, 0.25) is 0 Å². The number of amides is 1. The summed E-state index contributed by atoms with van der Waals surface area (Å²) in [6, 6.07) is 11.1. The number of sulfone groups is 1. The Labute approximate surface area is 191 Å². The molecule has 1 aromatic heterocycles. The lowest BCUT2D eigenvalue weighted by molar-refractivity contribution is 0.0648. The summed E-state index contributed by atoms with van der Waals surface area (Å²) in [5.74, 6) is 0.255. The summed E-state index contributed by atoms with van der Waals surface area (Å²) in [5.41, 5.74) is 1.48. The number of methoxy groups -OCH3 is 2. The van der Waals surface area contributed by atoms with Crippen LogP contribution in [0.4, 0.5) is 0 Å². The van der Waals surface area contributed by atoms with Crippen LogP contribution in [0.1, 0.15) is 28.1 Å². The van der Waals surface area contributed by atoms with Crippen molar-refractivity contribution in [1.82, 2.24) is 4.90 Å². The molecule has 33 heavy (non-hydrogen) atoms. The van der Waals surface area contributed by atoms with E-state index < -0.39 is 21.8 Å².